The molecule has 0 bridgehead atoms. The Labute approximate surface area is 248 Å². The zero-order valence-electron chi connectivity index (χ0n) is 23.6. The Kier molecular flexibility index (Phi) is 8.46. The van der Waals surface area contributed by atoms with Gasteiger partial charge in [-0.25, -0.2) is 24.2 Å². The lowest BCUT2D eigenvalue weighted by atomic mass is 9.92. The van der Waals surface area contributed by atoms with E-state index in [2.05, 4.69) is 10.3 Å². The van der Waals surface area contributed by atoms with E-state index in [-0.39, 0.29) is 44.5 Å². The fourth-order valence-corrected chi connectivity index (χ4v) is 4.24. The molecule has 4 amide bonds. The van der Waals surface area contributed by atoms with Gasteiger partial charge in [0.15, 0.2) is 11.6 Å². The Morgan fingerprint density at radius 3 is 2.29 bits per heavy atom. The van der Waals surface area contributed by atoms with Gasteiger partial charge in [0.2, 0.25) is 0 Å². The van der Waals surface area contributed by atoms with Crippen molar-refractivity contribution in [3.8, 4) is 17.2 Å². The molecule has 4 rings (SSSR count). The van der Waals surface area contributed by atoms with Crippen LogP contribution in [0.4, 0.5) is 26.9 Å². The third-order valence-corrected chi connectivity index (χ3v) is 6.93. The molecule has 0 radical (unpaired) electrons. The van der Waals surface area contributed by atoms with Gasteiger partial charge in [0.05, 0.1) is 22.1 Å². The lowest BCUT2D eigenvalue weighted by molar-refractivity contribution is 0.230. The van der Waals surface area contributed by atoms with E-state index in [4.69, 9.17) is 38.8 Å². The van der Waals surface area contributed by atoms with Crippen LogP contribution >= 0.6 is 23.2 Å². The standard InChI is InChI=1S/C29H31Cl2N7O3/c1-17-9-11-18(12-10-17)38-23(16-22(35-38)29(2,3)4)37(27(32)39)19-13-14-20(25(31)24(19)30)41-21-8-7-15-33-26(21)34-28(40)36(5)6/h7-16H,1-6H3,(H2,32,39)(H,33,34,40). The summed E-state index contributed by atoms with van der Waals surface area (Å²) in [4.78, 5) is 31.9. The van der Waals surface area contributed by atoms with Crippen LogP contribution in [-0.2, 0) is 5.41 Å². The molecule has 0 saturated heterocycles. The van der Waals surface area contributed by atoms with Gasteiger partial charge in [-0.1, -0.05) is 61.7 Å². The number of hydrogen-bond donors (Lipinski definition) is 2. The van der Waals surface area contributed by atoms with E-state index in [9.17, 15) is 9.59 Å². The first kappa shape index (κ1) is 29.7. The van der Waals surface area contributed by atoms with E-state index in [0.717, 1.165) is 16.9 Å². The smallest absolute Gasteiger partial charge is 0.325 e. The lowest BCUT2D eigenvalue weighted by Gasteiger charge is -2.23. The van der Waals surface area contributed by atoms with Crippen LogP contribution in [0, 0.1) is 6.92 Å². The number of nitrogens with one attached hydrogen (secondary N) is 1. The van der Waals surface area contributed by atoms with Crippen LogP contribution in [0.3, 0.4) is 0 Å². The predicted octanol–water partition coefficient (Wildman–Crippen LogP) is 7.28. The summed E-state index contributed by atoms with van der Waals surface area (Å²) in [6, 6.07) is 14.8. The highest BCUT2D eigenvalue weighted by Crippen LogP contribution is 2.44. The molecule has 214 valence electrons. The summed E-state index contributed by atoms with van der Waals surface area (Å²) in [5, 5.41) is 7.53. The second-order valence-electron chi connectivity index (χ2n) is 10.5. The van der Waals surface area contributed by atoms with Crippen molar-refractivity contribution >= 4 is 52.6 Å². The van der Waals surface area contributed by atoms with E-state index in [1.165, 1.54) is 16.0 Å². The summed E-state index contributed by atoms with van der Waals surface area (Å²) in [6.07, 6.45) is 1.52. The van der Waals surface area contributed by atoms with E-state index >= 15 is 0 Å². The number of carbonyl (C=O) groups is 2. The highest BCUT2D eigenvalue weighted by atomic mass is 35.5. The Bertz CT molecular complexity index is 1600. The second kappa shape index (κ2) is 11.7. The van der Waals surface area contributed by atoms with Crippen molar-refractivity contribution in [2.75, 3.05) is 24.3 Å². The molecule has 0 saturated carbocycles. The van der Waals surface area contributed by atoms with Crippen molar-refractivity contribution < 1.29 is 14.3 Å². The van der Waals surface area contributed by atoms with E-state index < -0.39 is 6.03 Å². The molecule has 2 aromatic carbocycles. The number of benzene rings is 2. The van der Waals surface area contributed by atoms with Crippen LogP contribution in [0.1, 0.15) is 32.0 Å². The number of anilines is 3. The third kappa shape index (κ3) is 6.39. The number of hydrogen-bond acceptors (Lipinski definition) is 5. The second-order valence-corrected chi connectivity index (χ2v) is 11.3. The van der Waals surface area contributed by atoms with Gasteiger partial charge in [-0.3, -0.25) is 5.32 Å². The molecule has 2 aromatic heterocycles. The quantitative estimate of drug-likeness (QED) is 0.243. The molecule has 0 aliphatic carbocycles. The highest BCUT2D eigenvalue weighted by molar-refractivity contribution is 6.45. The Morgan fingerprint density at radius 1 is 1.00 bits per heavy atom. The van der Waals surface area contributed by atoms with E-state index in [1.54, 1.807) is 49.1 Å². The molecule has 0 aliphatic heterocycles. The fraction of sp³-hybridized carbons (Fsp3) is 0.241. The zero-order chi connectivity index (χ0) is 30.1. The Morgan fingerprint density at radius 2 is 1.68 bits per heavy atom. The number of carbonyl (C=O) groups excluding carboxylic acids is 2. The van der Waals surface area contributed by atoms with E-state index in [0.29, 0.717) is 5.82 Å². The summed E-state index contributed by atoms with van der Waals surface area (Å²) in [5.41, 5.74) is 8.39. The molecule has 0 unspecified atom stereocenters. The fourth-order valence-electron chi connectivity index (χ4n) is 3.80. The van der Waals surface area contributed by atoms with Crippen molar-refractivity contribution in [1.82, 2.24) is 19.7 Å². The van der Waals surface area contributed by atoms with Crippen LogP contribution in [0.2, 0.25) is 10.0 Å². The molecular weight excluding hydrogens is 565 g/mol. The first-order chi connectivity index (χ1) is 19.3. The number of aromatic nitrogens is 3. The first-order valence-electron chi connectivity index (χ1n) is 12.6. The van der Waals surface area contributed by atoms with Gasteiger partial charge in [0, 0.05) is 31.8 Å². The maximum absolute atomic E-state index is 13.0. The number of amides is 4. The SMILES string of the molecule is Cc1ccc(-n2nc(C(C)(C)C)cc2N(C(N)=O)c2ccc(Oc3cccnc3NC(=O)N(C)C)c(Cl)c2Cl)cc1. The van der Waals surface area contributed by atoms with Crippen LogP contribution in [-0.4, -0.2) is 45.8 Å². The van der Waals surface area contributed by atoms with Crippen LogP contribution in [0.5, 0.6) is 11.5 Å². The number of ether oxygens (including phenoxy) is 1. The maximum Gasteiger partial charge on any atom is 0.325 e. The molecule has 12 heteroatoms. The summed E-state index contributed by atoms with van der Waals surface area (Å²) >= 11 is 13.4. The van der Waals surface area contributed by atoms with Gasteiger partial charge in [-0.15, -0.1) is 0 Å². The molecule has 0 aliphatic rings. The Hall–Kier alpha value is -4.28. The molecule has 0 atom stereocenters. The Balaban J connectivity index is 1.78. The largest absolute Gasteiger partial charge is 0.452 e. The molecule has 0 fully saturated rings. The minimum atomic E-state index is -0.786. The predicted molar refractivity (Wildman–Crippen MR) is 162 cm³/mol. The number of rotatable bonds is 6. The van der Waals surface area contributed by atoms with E-state index in [1.807, 2.05) is 52.0 Å². The number of pyridine rings is 1. The van der Waals surface area contributed by atoms with Crippen LogP contribution in [0.25, 0.3) is 5.69 Å². The summed E-state index contributed by atoms with van der Waals surface area (Å²) in [5.74, 6) is 1.00. The normalized spacial score (nSPS) is 11.2. The van der Waals surface area contributed by atoms with Crippen molar-refractivity contribution in [2.45, 2.75) is 33.1 Å². The molecule has 10 nitrogen and oxygen atoms in total. The van der Waals surface area contributed by atoms with Gasteiger partial charge in [-0.05, 0) is 43.3 Å². The topological polar surface area (TPSA) is 119 Å². The van der Waals surface area contributed by atoms with Crippen molar-refractivity contribution in [3.05, 3.63) is 82.1 Å². The average molecular weight is 597 g/mol. The van der Waals surface area contributed by atoms with Crippen molar-refractivity contribution in [1.29, 1.82) is 0 Å². The maximum atomic E-state index is 13.0. The van der Waals surface area contributed by atoms with Crippen molar-refractivity contribution in [2.24, 2.45) is 5.73 Å². The summed E-state index contributed by atoms with van der Waals surface area (Å²) < 4.78 is 7.64. The van der Waals surface area contributed by atoms with Gasteiger partial charge in [-0.2, -0.15) is 5.10 Å². The number of nitrogens with two attached hydrogens (primary N) is 1. The van der Waals surface area contributed by atoms with Crippen LogP contribution in [0.15, 0.2) is 60.8 Å². The minimum absolute atomic E-state index is 0.0275. The van der Waals surface area contributed by atoms with Gasteiger partial charge in [0.25, 0.3) is 0 Å². The number of aryl methyl sites for hydroxylation is 1. The molecule has 2 heterocycles. The molecule has 3 N–H and O–H groups in total. The zero-order valence-corrected chi connectivity index (χ0v) is 25.1. The monoisotopic (exact) mass is 595 g/mol. The molecular formula is C29H31Cl2N7O3. The van der Waals surface area contributed by atoms with Gasteiger partial charge >= 0.3 is 12.1 Å². The van der Waals surface area contributed by atoms with Crippen molar-refractivity contribution in [3.63, 3.8) is 0 Å². The molecule has 41 heavy (non-hydrogen) atoms. The van der Waals surface area contributed by atoms with Gasteiger partial charge in [0.1, 0.15) is 16.6 Å². The third-order valence-electron chi connectivity index (χ3n) is 6.08. The number of urea groups is 2. The highest BCUT2D eigenvalue weighted by Gasteiger charge is 2.29. The lowest BCUT2D eigenvalue weighted by Crippen LogP contribution is -2.33. The molecule has 0 spiro atoms. The van der Waals surface area contributed by atoms with Crippen LogP contribution < -0.4 is 20.7 Å². The number of halogens is 2. The first-order valence-corrected chi connectivity index (χ1v) is 13.4. The summed E-state index contributed by atoms with van der Waals surface area (Å²) in [7, 11) is 3.21. The summed E-state index contributed by atoms with van der Waals surface area (Å²) in [6.45, 7) is 8.06. The minimum Gasteiger partial charge on any atom is -0.452 e. The van der Waals surface area contributed by atoms with Gasteiger partial charge < -0.3 is 15.4 Å². The average Bonchev–Trinajstić information content (AvgIpc) is 3.35. The number of primary amides is 1. The number of nitrogens with zero attached hydrogens (tertiary/aromatic N) is 5. The molecule has 4 aromatic rings.